The Morgan fingerprint density at radius 1 is 1.12 bits per heavy atom. The molecule has 0 aliphatic carbocycles. The van der Waals surface area contributed by atoms with E-state index in [-0.39, 0.29) is 34.6 Å². The molecule has 1 N–H and O–H groups in total. The summed E-state index contributed by atoms with van der Waals surface area (Å²) >= 11 is 0. The molecule has 0 aliphatic rings. The standard InChI is InChI=1S/C17H11NO6/c19-14(10-5-7-11(8-6-10)18(22)23)9-13-16(20)12-3-1-2-4-15(12)24-17(13)21/h1-8,20H,9H2. The number of rotatable bonds is 4. The minimum atomic E-state index is -0.790. The van der Waals surface area contributed by atoms with Gasteiger partial charge in [0.2, 0.25) is 0 Å². The van der Waals surface area contributed by atoms with Gasteiger partial charge in [-0.2, -0.15) is 0 Å². The van der Waals surface area contributed by atoms with E-state index in [0.717, 1.165) is 0 Å². The van der Waals surface area contributed by atoms with Crippen molar-refractivity contribution in [2.75, 3.05) is 0 Å². The monoisotopic (exact) mass is 325 g/mol. The van der Waals surface area contributed by atoms with Crippen molar-refractivity contribution in [1.29, 1.82) is 0 Å². The number of carbonyl (C=O) groups excluding carboxylic acids is 1. The number of ketones is 1. The van der Waals surface area contributed by atoms with Gasteiger partial charge in [-0.1, -0.05) is 12.1 Å². The number of para-hydroxylation sites is 1. The topological polar surface area (TPSA) is 111 Å². The summed E-state index contributed by atoms with van der Waals surface area (Å²) in [5, 5.41) is 21.2. The lowest BCUT2D eigenvalue weighted by molar-refractivity contribution is -0.384. The Hall–Kier alpha value is -3.48. The van der Waals surface area contributed by atoms with Crippen molar-refractivity contribution in [2.24, 2.45) is 0 Å². The molecule has 120 valence electrons. The van der Waals surface area contributed by atoms with Crippen molar-refractivity contribution in [2.45, 2.75) is 6.42 Å². The molecule has 0 atom stereocenters. The minimum Gasteiger partial charge on any atom is -0.507 e. The number of carbonyl (C=O) groups is 1. The molecule has 1 heterocycles. The number of aromatic hydroxyl groups is 1. The molecule has 2 aromatic carbocycles. The van der Waals surface area contributed by atoms with E-state index >= 15 is 0 Å². The highest BCUT2D eigenvalue weighted by Crippen LogP contribution is 2.27. The maximum atomic E-state index is 12.3. The number of nitro benzene ring substituents is 1. The molecule has 7 nitrogen and oxygen atoms in total. The van der Waals surface area contributed by atoms with Gasteiger partial charge in [-0.25, -0.2) is 4.79 Å². The fourth-order valence-corrected chi connectivity index (χ4v) is 2.36. The lowest BCUT2D eigenvalue weighted by Gasteiger charge is -2.06. The van der Waals surface area contributed by atoms with Gasteiger partial charge < -0.3 is 9.52 Å². The molecule has 3 rings (SSSR count). The molecule has 3 aromatic rings. The minimum absolute atomic E-state index is 0.139. The van der Waals surface area contributed by atoms with Gasteiger partial charge in [-0.15, -0.1) is 0 Å². The second kappa shape index (κ2) is 5.96. The van der Waals surface area contributed by atoms with Crippen LogP contribution in [0.15, 0.2) is 57.7 Å². The Balaban J connectivity index is 1.96. The van der Waals surface area contributed by atoms with Crippen molar-refractivity contribution in [3.63, 3.8) is 0 Å². The Labute approximate surface area is 134 Å². The summed E-state index contributed by atoms with van der Waals surface area (Å²) in [6.45, 7) is 0. The van der Waals surface area contributed by atoms with Gasteiger partial charge >= 0.3 is 5.63 Å². The van der Waals surface area contributed by atoms with Crippen LogP contribution in [-0.4, -0.2) is 15.8 Å². The third kappa shape index (κ3) is 2.74. The SMILES string of the molecule is O=C(Cc1c(O)c2ccccc2oc1=O)c1ccc([N+](=O)[O-])cc1. The number of benzene rings is 2. The first-order valence-electron chi connectivity index (χ1n) is 6.98. The summed E-state index contributed by atoms with van der Waals surface area (Å²) in [4.78, 5) is 34.3. The van der Waals surface area contributed by atoms with Crippen molar-refractivity contribution in [3.05, 3.63) is 80.2 Å². The van der Waals surface area contributed by atoms with Crippen LogP contribution in [-0.2, 0) is 6.42 Å². The smallest absolute Gasteiger partial charge is 0.343 e. The van der Waals surface area contributed by atoms with Crippen LogP contribution in [0.25, 0.3) is 11.0 Å². The van der Waals surface area contributed by atoms with Crippen LogP contribution in [0.1, 0.15) is 15.9 Å². The van der Waals surface area contributed by atoms with E-state index in [1.165, 1.54) is 24.3 Å². The van der Waals surface area contributed by atoms with Crippen molar-refractivity contribution in [3.8, 4) is 5.75 Å². The van der Waals surface area contributed by atoms with E-state index in [4.69, 9.17) is 4.42 Å². The largest absolute Gasteiger partial charge is 0.507 e. The molecule has 0 fully saturated rings. The van der Waals surface area contributed by atoms with Crippen LogP contribution in [0.5, 0.6) is 5.75 Å². The van der Waals surface area contributed by atoms with Gasteiger partial charge in [0.25, 0.3) is 5.69 Å². The predicted molar refractivity (Wildman–Crippen MR) is 85.3 cm³/mol. The van der Waals surface area contributed by atoms with Crippen LogP contribution < -0.4 is 5.63 Å². The third-order valence-electron chi connectivity index (χ3n) is 3.61. The maximum Gasteiger partial charge on any atom is 0.343 e. The highest BCUT2D eigenvalue weighted by Gasteiger charge is 2.18. The van der Waals surface area contributed by atoms with Crippen molar-refractivity contribution in [1.82, 2.24) is 0 Å². The second-order valence-corrected chi connectivity index (χ2v) is 5.12. The van der Waals surface area contributed by atoms with Crippen LogP contribution in [0.2, 0.25) is 0 Å². The first-order chi connectivity index (χ1) is 11.5. The molecular weight excluding hydrogens is 314 g/mol. The summed E-state index contributed by atoms with van der Waals surface area (Å²) < 4.78 is 5.10. The number of fused-ring (bicyclic) bond motifs is 1. The first kappa shape index (κ1) is 15.4. The second-order valence-electron chi connectivity index (χ2n) is 5.12. The third-order valence-corrected chi connectivity index (χ3v) is 3.61. The van der Waals surface area contributed by atoms with E-state index < -0.39 is 16.3 Å². The Bertz CT molecular complexity index is 1000. The van der Waals surface area contributed by atoms with Gasteiger partial charge in [0.15, 0.2) is 5.78 Å². The van der Waals surface area contributed by atoms with E-state index in [9.17, 15) is 24.8 Å². The lowest BCUT2D eigenvalue weighted by Crippen LogP contribution is -2.13. The summed E-state index contributed by atoms with van der Waals surface area (Å²) in [7, 11) is 0. The molecule has 0 amide bonds. The van der Waals surface area contributed by atoms with Crippen molar-refractivity contribution < 1.29 is 19.2 Å². The molecule has 7 heteroatoms. The number of hydrogen-bond acceptors (Lipinski definition) is 6. The lowest BCUT2D eigenvalue weighted by atomic mass is 10.0. The van der Waals surface area contributed by atoms with E-state index in [0.29, 0.717) is 5.39 Å². The summed E-state index contributed by atoms with van der Waals surface area (Å²) in [5.41, 5.74) is -0.641. The molecule has 0 unspecified atom stereocenters. The average Bonchev–Trinajstić information content (AvgIpc) is 2.58. The first-order valence-corrected chi connectivity index (χ1v) is 6.98. The number of Topliss-reactive ketones (excluding diaryl/α,β-unsaturated/α-hetero) is 1. The Morgan fingerprint density at radius 2 is 1.79 bits per heavy atom. The Morgan fingerprint density at radius 3 is 2.46 bits per heavy atom. The molecular formula is C17H11NO6. The van der Waals surface area contributed by atoms with Crippen LogP contribution in [0.4, 0.5) is 5.69 Å². The van der Waals surface area contributed by atoms with Crippen LogP contribution in [0, 0.1) is 10.1 Å². The van der Waals surface area contributed by atoms with E-state index in [1.807, 2.05) is 0 Å². The molecule has 0 spiro atoms. The van der Waals surface area contributed by atoms with E-state index in [1.54, 1.807) is 24.3 Å². The number of non-ortho nitro benzene ring substituents is 1. The molecule has 1 aromatic heterocycles. The average molecular weight is 325 g/mol. The number of hydrogen-bond donors (Lipinski definition) is 1. The molecule has 0 saturated carbocycles. The molecule has 0 saturated heterocycles. The van der Waals surface area contributed by atoms with Gasteiger partial charge in [0.1, 0.15) is 11.3 Å². The molecule has 0 radical (unpaired) electrons. The molecule has 0 bridgehead atoms. The highest BCUT2D eigenvalue weighted by atomic mass is 16.6. The van der Waals surface area contributed by atoms with Crippen molar-refractivity contribution >= 4 is 22.4 Å². The zero-order valence-electron chi connectivity index (χ0n) is 12.3. The summed E-state index contributed by atoms with van der Waals surface area (Å²) in [6.07, 6.45) is -0.364. The van der Waals surface area contributed by atoms with Crippen LogP contribution >= 0.6 is 0 Å². The quantitative estimate of drug-likeness (QED) is 0.342. The molecule has 0 aliphatic heterocycles. The normalized spacial score (nSPS) is 10.7. The summed E-state index contributed by atoms with van der Waals surface area (Å²) in [5.74, 6) is -0.750. The predicted octanol–water partition coefficient (Wildman–Crippen LogP) is 2.83. The zero-order valence-corrected chi connectivity index (χ0v) is 12.3. The van der Waals surface area contributed by atoms with Gasteiger partial charge in [0.05, 0.1) is 15.9 Å². The van der Waals surface area contributed by atoms with Gasteiger partial charge in [-0.3, -0.25) is 14.9 Å². The van der Waals surface area contributed by atoms with Crippen LogP contribution in [0.3, 0.4) is 0 Å². The molecule has 24 heavy (non-hydrogen) atoms. The highest BCUT2D eigenvalue weighted by molar-refractivity contribution is 5.98. The number of nitro groups is 1. The number of nitrogens with zero attached hydrogens (tertiary/aromatic N) is 1. The fourth-order valence-electron chi connectivity index (χ4n) is 2.36. The maximum absolute atomic E-state index is 12.3. The van der Waals surface area contributed by atoms with Gasteiger partial charge in [-0.05, 0) is 24.3 Å². The van der Waals surface area contributed by atoms with Gasteiger partial charge in [0, 0.05) is 24.1 Å². The summed E-state index contributed by atoms with van der Waals surface area (Å²) in [6, 6.07) is 11.5. The zero-order chi connectivity index (χ0) is 17.3. The Kier molecular flexibility index (Phi) is 3.83. The fraction of sp³-hybridized carbons (Fsp3) is 0.0588. The van der Waals surface area contributed by atoms with E-state index in [2.05, 4.69) is 0 Å².